The lowest BCUT2D eigenvalue weighted by atomic mass is 10.1. The summed E-state index contributed by atoms with van der Waals surface area (Å²) in [6.45, 7) is 3.74. The number of H-pyrrole nitrogens is 1. The number of ether oxygens (including phenoxy) is 2. The summed E-state index contributed by atoms with van der Waals surface area (Å²) in [6, 6.07) is 7.65. The maximum Gasteiger partial charge on any atom is 0.339 e. The molecule has 2 N–H and O–H groups in total. The van der Waals surface area contributed by atoms with E-state index in [1.54, 1.807) is 7.11 Å². The number of nitrogens with zero attached hydrogens (tertiary/aromatic N) is 1. The predicted octanol–water partition coefficient (Wildman–Crippen LogP) is 4.29. The van der Waals surface area contributed by atoms with Crippen molar-refractivity contribution in [3.8, 4) is 17.1 Å². The van der Waals surface area contributed by atoms with Crippen LogP contribution in [0, 0.1) is 13.8 Å². The van der Waals surface area contributed by atoms with Gasteiger partial charge in [-0.05, 0) is 31.5 Å². The first-order valence-corrected chi connectivity index (χ1v) is 8.56. The third kappa shape index (κ3) is 3.36. The lowest BCUT2D eigenvalue weighted by Crippen LogP contribution is -2.03. The van der Waals surface area contributed by atoms with Crippen molar-refractivity contribution in [1.82, 2.24) is 9.97 Å². The second kappa shape index (κ2) is 6.98. The number of hydrogen-bond donors (Lipinski definition) is 2. The van der Waals surface area contributed by atoms with Crippen LogP contribution >= 0.6 is 11.3 Å². The van der Waals surface area contributed by atoms with E-state index >= 15 is 0 Å². The van der Waals surface area contributed by atoms with Gasteiger partial charge in [0.2, 0.25) is 0 Å². The number of aromatic amines is 1. The minimum absolute atomic E-state index is 0.345. The van der Waals surface area contributed by atoms with Gasteiger partial charge in [0.1, 0.15) is 11.4 Å². The highest BCUT2D eigenvalue weighted by Crippen LogP contribution is 2.32. The lowest BCUT2D eigenvalue weighted by Gasteiger charge is -2.04. The highest BCUT2D eigenvalue weighted by atomic mass is 32.1. The summed E-state index contributed by atoms with van der Waals surface area (Å²) in [7, 11) is 3.02. The van der Waals surface area contributed by atoms with Crippen LogP contribution in [0.3, 0.4) is 0 Å². The minimum Gasteiger partial charge on any atom is -0.497 e. The molecular formula is C18H19N3O3S. The van der Waals surface area contributed by atoms with Gasteiger partial charge in [-0.25, -0.2) is 9.78 Å². The Morgan fingerprint density at radius 2 is 2.08 bits per heavy atom. The number of aromatic nitrogens is 2. The largest absolute Gasteiger partial charge is 0.497 e. The van der Waals surface area contributed by atoms with E-state index in [0.717, 1.165) is 39.2 Å². The molecular weight excluding hydrogens is 338 g/mol. The van der Waals surface area contributed by atoms with Gasteiger partial charge in [-0.3, -0.25) is 0 Å². The van der Waals surface area contributed by atoms with Crippen LogP contribution < -0.4 is 10.1 Å². The van der Waals surface area contributed by atoms with Crippen molar-refractivity contribution >= 4 is 28.1 Å². The third-order valence-electron chi connectivity index (χ3n) is 3.91. The SMILES string of the molecule is COC(=O)c1c(C)[nH]c(-c2csc(Nc3cccc(OC)c3)n2)c1C. The minimum atomic E-state index is -0.345. The molecule has 1 aromatic carbocycles. The molecule has 3 aromatic rings. The fourth-order valence-corrected chi connectivity index (χ4v) is 3.41. The molecule has 0 aliphatic rings. The van der Waals surface area contributed by atoms with Crippen molar-refractivity contribution in [3.63, 3.8) is 0 Å². The van der Waals surface area contributed by atoms with Crippen molar-refractivity contribution in [2.45, 2.75) is 13.8 Å². The Morgan fingerprint density at radius 1 is 1.28 bits per heavy atom. The number of methoxy groups -OCH3 is 2. The quantitative estimate of drug-likeness (QED) is 0.666. The van der Waals surface area contributed by atoms with Crippen LogP contribution in [-0.4, -0.2) is 30.2 Å². The Hall–Kier alpha value is -2.80. The number of carbonyl (C=O) groups is 1. The highest BCUT2D eigenvalue weighted by Gasteiger charge is 2.20. The van der Waals surface area contributed by atoms with E-state index in [0.29, 0.717) is 5.56 Å². The zero-order valence-corrected chi connectivity index (χ0v) is 15.3. The zero-order chi connectivity index (χ0) is 18.0. The highest BCUT2D eigenvalue weighted by molar-refractivity contribution is 7.14. The number of hydrogen-bond acceptors (Lipinski definition) is 6. The van der Waals surface area contributed by atoms with Gasteiger partial charge in [-0.2, -0.15) is 0 Å². The smallest absolute Gasteiger partial charge is 0.339 e. The molecule has 0 amide bonds. The van der Waals surface area contributed by atoms with Crippen LogP contribution in [0.25, 0.3) is 11.4 Å². The summed E-state index contributed by atoms with van der Waals surface area (Å²) >= 11 is 1.49. The maximum absolute atomic E-state index is 11.9. The fourth-order valence-electron chi connectivity index (χ4n) is 2.68. The van der Waals surface area contributed by atoms with Crippen molar-refractivity contribution in [2.24, 2.45) is 0 Å². The molecule has 0 aliphatic carbocycles. The molecule has 0 bridgehead atoms. The molecule has 0 saturated carbocycles. The average molecular weight is 357 g/mol. The first-order valence-electron chi connectivity index (χ1n) is 7.68. The van der Waals surface area contributed by atoms with Gasteiger partial charge in [0, 0.05) is 22.8 Å². The van der Waals surface area contributed by atoms with E-state index in [4.69, 9.17) is 9.47 Å². The zero-order valence-electron chi connectivity index (χ0n) is 14.5. The molecule has 7 heteroatoms. The maximum atomic E-state index is 11.9. The van der Waals surface area contributed by atoms with Gasteiger partial charge in [0.05, 0.1) is 25.5 Å². The second-order valence-corrected chi connectivity index (χ2v) is 6.37. The van der Waals surface area contributed by atoms with Gasteiger partial charge in [0.25, 0.3) is 0 Å². The van der Waals surface area contributed by atoms with Crippen LogP contribution in [0.2, 0.25) is 0 Å². The molecule has 25 heavy (non-hydrogen) atoms. The van der Waals surface area contributed by atoms with Crippen LogP contribution in [0.1, 0.15) is 21.6 Å². The number of carbonyl (C=O) groups excluding carboxylic acids is 1. The Bertz CT molecular complexity index is 914. The van der Waals surface area contributed by atoms with E-state index in [9.17, 15) is 4.79 Å². The second-order valence-electron chi connectivity index (χ2n) is 5.51. The standard InChI is InChI=1S/C18H19N3O3S/c1-10-15(17(22)24-4)11(2)19-16(10)14-9-25-18(21-14)20-12-6-5-7-13(8-12)23-3/h5-9,19H,1-4H3,(H,20,21). The molecule has 6 nitrogen and oxygen atoms in total. The molecule has 0 aliphatic heterocycles. The number of anilines is 2. The summed E-state index contributed by atoms with van der Waals surface area (Å²) in [5, 5.41) is 5.97. The Morgan fingerprint density at radius 3 is 2.80 bits per heavy atom. The molecule has 0 saturated heterocycles. The van der Waals surface area contributed by atoms with E-state index in [1.165, 1.54) is 18.4 Å². The summed E-state index contributed by atoms with van der Waals surface area (Å²) in [5.74, 6) is 0.433. The summed E-state index contributed by atoms with van der Waals surface area (Å²) in [4.78, 5) is 19.8. The summed E-state index contributed by atoms with van der Waals surface area (Å²) < 4.78 is 10.1. The first kappa shape index (κ1) is 17.0. The fraction of sp³-hybridized carbons (Fsp3) is 0.222. The molecule has 2 heterocycles. The van der Waals surface area contributed by atoms with E-state index in [1.807, 2.05) is 43.5 Å². The molecule has 2 aromatic heterocycles. The Kier molecular flexibility index (Phi) is 4.76. The van der Waals surface area contributed by atoms with Crippen LogP contribution in [0.4, 0.5) is 10.8 Å². The van der Waals surface area contributed by atoms with Crippen LogP contribution in [0.15, 0.2) is 29.6 Å². The molecule has 0 unspecified atom stereocenters. The normalized spacial score (nSPS) is 10.6. The first-order chi connectivity index (χ1) is 12.0. The third-order valence-corrected chi connectivity index (χ3v) is 4.67. The summed E-state index contributed by atoms with van der Waals surface area (Å²) in [5.41, 5.74) is 4.68. The number of benzene rings is 1. The van der Waals surface area contributed by atoms with E-state index in [2.05, 4.69) is 15.3 Å². The van der Waals surface area contributed by atoms with Crippen molar-refractivity contribution < 1.29 is 14.3 Å². The van der Waals surface area contributed by atoms with E-state index in [-0.39, 0.29) is 5.97 Å². The molecule has 0 radical (unpaired) electrons. The van der Waals surface area contributed by atoms with E-state index < -0.39 is 0 Å². The van der Waals surface area contributed by atoms with Crippen molar-refractivity contribution in [3.05, 3.63) is 46.5 Å². The number of thiazole rings is 1. The average Bonchev–Trinajstić information content (AvgIpc) is 3.18. The van der Waals surface area contributed by atoms with Crippen molar-refractivity contribution in [2.75, 3.05) is 19.5 Å². The van der Waals surface area contributed by atoms with Gasteiger partial charge >= 0.3 is 5.97 Å². The number of aryl methyl sites for hydroxylation is 1. The number of nitrogens with one attached hydrogen (secondary N) is 2. The molecule has 130 valence electrons. The van der Waals surface area contributed by atoms with Crippen LogP contribution in [0.5, 0.6) is 5.75 Å². The predicted molar refractivity (Wildman–Crippen MR) is 99.0 cm³/mol. The van der Waals surface area contributed by atoms with Gasteiger partial charge in [0.15, 0.2) is 5.13 Å². The lowest BCUT2D eigenvalue weighted by molar-refractivity contribution is 0.0599. The Labute approximate surface area is 149 Å². The monoisotopic (exact) mass is 357 g/mol. The number of esters is 1. The summed E-state index contributed by atoms with van der Waals surface area (Å²) in [6.07, 6.45) is 0. The molecule has 3 rings (SSSR count). The molecule has 0 atom stereocenters. The number of rotatable bonds is 5. The molecule has 0 spiro atoms. The van der Waals surface area contributed by atoms with Crippen LogP contribution in [-0.2, 0) is 4.74 Å². The van der Waals surface area contributed by atoms with Gasteiger partial charge in [-0.15, -0.1) is 11.3 Å². The van der Waals surface area contributed by atoms with Gasteiger partial charge in [-0.1, -0.05) is 6.07 Å². The molecule has 0 fully saturated rings. The Balaban J connectivity index is 1.88. The van der Waals surface area contributed by atoms with Gasteiger partial charge < -0.3 is 19.8 Å². The topological polar surface area (TPSA) is 76.2 Å². The van der Waals surface area contributed by atoms with Crippen molar-refractivity contribution in [1.29, 1.82) is 0 Å².